The second kappa shape index (κ2) is 4.53. The first-order chi connectivity index (χ1) is 8.00. The van der Waals surface area contributed by atoms with Crippen molar-refractivity contribution in [1.29, 1.82) is 0 Å². The first-order valence-corrected chi connectivity index (χ1v) is 6.05. The van der Waals surface area contributed by atoms with Crippen LogP contribution in [0, 0.1) is 6.92 Å². The zero-order valence-electron chi connectivity index (χ0n) is 9.61. The summed E-state index contributed by atoms with van der Waals surface area (Å²) in [5.74, 6) is 0. The maximum atomic E-state index is 14.8. The molecule has 0 N–H and O–H groups in total. The van der Waals surface area contributed by atoms with Gasteiger partial charge in [-0.1, -0.05) is 12.1 Å². The minimum absolute atomic E-state index is 0.352. The van der Waals surface area contributed by atoms with Crippen molar-refractivity contribution in [1.82, 2.24) is 9.97 Å². The highest BCUT2D eigenvalue weighted by Crippen LogP contribution is 2.31. The van der Waals surface area contributed by atoms with E-state index < -0.39 is 5.67 Å². The SMILES string of the molecule is Cc1cccc(C(C)(F)c2cccc(Br)n2)n1. The summed E-state index contributed by atoms with van der Waals surface area (Å²) in [4.78, 5) is 8.37. The predicted molar refractivity (Wildman–Crippen MR) is 68.5 cm³/mol. The number of halogens is 2. The van der Waals surface area contributed by atoms with Gasteiger partial charge in [-0.15, -0.1) is 0 Å². The minimum atomic E-state index is -1.68. The molecule has 2 heterocycles. The molecule has 4 heteroatoms. The van der Waals surface area contributed by atoms with Gasteiger partial charge in [-0.05, 0) is 54.0 Å². The Morgan fingerprint density at radius 3 is 2.24 bits per heavy atom. The van der Waals surface area contributed by atoms with E-state index in [9.17, 15) is 4.39 Å². The molecule has 0 aliphatic rings. The molecular formula is C13H12BrFN2. The summed E-state index contributed by atoms with van der Waals surface area (Å²) >= 11 is 3.24. The van der Waals surface area contributed by atoms with Gasteiger partial charge < -0.3 is 0 Å². The van der Waals surface area contributed by atoms with Gasteiger partial charge in [0.2, 0.25) is 0 Å². The lowest BCUT2D eigenvalue weighted by Crippen LogP contribution is -2.20. The molecule has 0 aromatic carbocycles. The summed E-state index contributed by atoms with van der Waals surface area (Å²) in [6.45, 7) is 3.32. The zero-order chi connectivity index (χ0) is 12.5. The van der Waals surface area contributed by atoms with Gasteiger partial charge in [0.25, 0.3) is 0 Å². The van der Waals surface area contributed by atoms with Crippen molar-refractivity contribution in [2.45, 2.75) is 19.5 Å². The quantitative estimate of drug-likeness (QED) is 0.788. The average Bonchev–Trinajstić information content (AvgIpc) is 2.29. The number of aryl methyl sites for hydroxylation is 1. The van der Waals surface area contributed by atoms with Crippen molar-refractivity contribution in [3.8, 4) is 0 Å². The number of hydrogen-bond acceptors (Lipinski definition) is 2. The number of hydrogen-bond donors (Lipinski definition) is 0. The molecule has 2 aromatic heterocycles. The maximum Gasteiger partial charge on any atom is 0.191 e. The molecule has 0 aliphatic carbocycles. The summed E-state index contributed by atoms with van der Waals surface area (Å²) in [5.41, 5.74) is -0.162. The van der Waals surface area contributed by atoms with E-state index in [-0.39, 0.29) is 0 Å². The highest BCUT2D eigenvalue weighted by atomic mass is 79.9. The van der Waals surface area contributed by atoms with Gasteiger partial charge in [-0.2, -0.15) is 0 Å². The third-order valence-corrected chi connectivity index (χ3v) is 3.01. The normalized spacial score (nSPS) is 14.4. The maximum absolute atomic E-state index is 14.8. The van der Waals surface area contributed by atoms with Crippen LogP contribution in [-0.2, 0) is 5.67 Å². The van der Waals surface area contributed by atoms with Crippen LogP contribution in [0.15, 0.2) is 41.0 Å². The molecule has 0 saturated carbocycles. The molecule has 0 radical (unpaired) electrons. The topological polar surface area (TPSA) is 25.8 Å². The number of aromatic nitrogens is 2. The van der Waals surface area contributed by atoms with E-state index in [4.69, 9.17) is 0 Å². The van der Waals surface area contributed by atoms with Crippen LogP contribution < -0.4 is 0 Å². The highest BCUT2D eigenvalue weighted by Gasteiger charge is 2.31. The molecule has 2 nitrogen and oxygen atoms in total. The summed E-state index contributed by atoms with van der Waals surface area (Å²) < 4.78 is 15.4. The van der Waals surface area contributed by atoms with Crippen LogP contribution in [-0.4, -0.2) is 9.97 Å². The van der Waals surface area contributed by atoms with E-state index in [1.54, 1.807) is 30.3 Å². The molecule has 0 spiro atoms. The fourth-order valence-electron chi connectivity index (χ4n) is 1.61. The van der Waals surface area contributed by atoms with Crippen molar-refractivity contribution in [3.63, 3.8) is 0 Å². The lowest BCUT2D eigenvalue weighted by atomic mass is 9.98. The molecule has 0 amide bonds. The summed E-state index contributed by atoms with van der Waals surface area (Å²) in [5, 5.41) is 0. The highest BCUT2D eigenvalue weighted by molar-refractivity contribution is 9.10. The molecule has 17 heavy (non-hydrogen) atoms. The lowest BCUT2D eigenvalue weighted by Gasteiger charge is -2.19. The van der Waals surface area contributed by atoms with Crippen LogP contribution in [0.5, 0.6) is 0 Å². The first-order valence-electron chi connectivity index (χ1n) is 5.26. The van der Waals surface area contributed by atoms with Crippen molar-refractivity contribution < 1.29 is 4.39 Å². The molecule has 88 valence electrons. The largest absolute Gasteiger partial charge is 0.254 e. The zero-order valence-corrected chi connectivity index (χ0v) is 11.2. The Bertz CT molecular complexity index is 493. The Morgan fingerprint density at radius 1 is 1.06 bits per heavy atom. The van der Waals surface area contributed by atoms with E-state index in [0.717, 1.165) is 5.69 Å². The lowest BCUT2D eigenvalue weighted by molar-refractivity contribution is 0.236. The van der Waals surface area contributed by atoms with Crippen LogP contribution in [0.4, 0.5) is 4.39 Å². The Kier molecular flexibility index (Phi) is 3.24. The van der Waals surface area contributed by atoms with E-state index in [2.05, 4.69) is 25.9 Å². The van der Waals surface area contributed by atoms with Gasteiger partial charge in [-0.3, -0.25) is 4.98 Å². The van der Waals surface area contributed by atoms with E-state index in [1.807, 2.05) is 13.0 Å². The average molecular weight is 295 g/mol. The molecule has 0 aliphatic heterocycles. The van der Waals surface area contributed by atoms with Crippen LogP contribution in [0.1, 0.15) is 24.0 Å². The molecule has 2 aromatic rings. The molecule has 0 fully saturated rings. The Balaban J connectivity index is 2.49. The van der Waals surface area contributed by atoms with Crippen molar-refractivity contribution >= 4 is 15.9 Å². The van der Waals surface area contributed by atoms with Gasteiger partial charge in [0, 0.05) is 5.69 Å². The molecule has 2 rings (SSSR count). The second-order valence-corrected chi connectivity index (χ2v) is 4.83. The van der Waals surface area contributed by atoms with E-state index in [0.29, 0.717) is 16.0 Å². The summed E-state index contributed by atoms with van der Waals surface area (Å²) in [6.07, 6.45) is 0. The summed E-state index contributed by atoms with van der Waals surface area (Å²) in [6, 6.07) is 10.5. The standard InChI is InChI=1S/C13H12BrFN2/c1-9-5-3-6-10(16-9)13(2,15)11-7-4-8-12(14)17-11/h3-8H,1-2H3. The van der Waals surface area contributed by atoms with Crippen LogP contribution in [0.3, 0.4) is 0 Å². The molecule has 0 saturated heterocycles. The Labute approximate surface area is 108 Å². The minimum Gasteiger partial charge on any atom is -0.254 e. The number of pyridine rings is 2. The molecule has 1 atom stereocenters. The van der Waals surface area contributed by atoms with Crippen LogP contribution in [0.2, 0.25) is 0 Å². The Morgan fingerprint density at radius 2 is 1.65 bits per heavy atom. The third kappa shape index (κ3) is 2.52. The van der Waals surface area contributed by atoms with Crippen LogP contribution in [0.25, 0.3) is 0 Å². The fourth-order valence-corrected chi connectivity index (χ4v) is 1.95. The number of nitrogens with zero attached hydrogens (tertiary/aromatic N) is 2. The second-order valence-electron chi connectivity index (χ2n) is 4.01. The van der Waals surface area contributed by atoms with E-state index >= 15 is 0 Å². The number of rotatable bonds is 2. The third-order valence-electron chi connectivity index (χ3n) is 2.57. The van der Waals surface area contributed by atoms with Crippen molar-refractivity contribution in [3.05, 3.63) is 58.1 Å². The monoisotopic (exact) mass is 294 g/mol. The fraction of sp³-hybridized carbons (Fsp3) is 0.231. The first kappa shape index (κ1) is 12.2. The van der Waals surface area contributed by atoms with E-state index in [1.165, 1.54) is 6.92 Å². The van der Waals surface area contributed by atoms with Gasteiger partial charge >= 0.3 is 0 Å². The number of alkyl halides is 1. The van der Waals surface area contributed by atoms with Crippen molar-refractivity contribution in [2.75, 3.05) is 0 Å². The predicted octanol–water partition coefficient (Wildman–Crippen LogP) is 3.78. The molecule has 1 unspecified atom stereocenters. The molecular weight excluding hydrogens is 283 g/mol. The van der Waals surface area contributed by atoms with Gasteiger partial charge in [0.05, 0.1) is 11.4 Å². The molecule has 0 bridgehead atoms. The van der Waals surface area contributed by atoms with Gasteiger partial charge in [-0.25, -0.2) is 9.37 Å². The van der Waals surface area contributed by atoms with Crippen molar-refractivity contribution in [2.24, 2.45) is 0 Å². The van der Waals surface area contributed by atoms with Gasteiger partial charge in [0.1, 0.15) is 4.60 Å². The van der Waals surface area contributed by atoms with Gasteiger partial charge in [0.15, 0.2) is 5.67 Å². The Hall–Kier alpha value is -1.29. The smallest absolute Gasteiger partial charge is 0.191 e. The van der Waals surface area contributed by atoms with Crippen LogP contribution >= 0.6 is 15.9 Å². The summed E-state index contributed by atoms with van der Waals surface area (Å²) in [7, 11) is 0.